The van der Waals surface area contributed by atoms with Gasteiger partial charge in [-0.05, 0) is 67.1 Å². The summed E-state index contributed by atoms with van der Waals surface area (Å²) in [6.45, 7) is 3.08. The molecule has 0 spiro atoms. The molecule has 1 aliphatic carbocycles. The molecule has 0 aromatic heterocycles. The van der Waals surface area contributed by atoms with Gasteiger partial charge in [-0.25, -0.2) is 4.79 Å². The topological polar surface area (TPSA) is 116 Å². The largest absolute Gasteiger partial charge is 0.478 e. The fourth-order valence-electron chi connectivity index (χ4n) is 3.91. The molecule has 1 aliphatic heterocycles. The average Bonchev–Trinajstić information content (AvgIpc) is 3.59. The highest BCUT2D eigenvalue weighted by molar-refractivity contribution is 5.96. The molecule has 0 bridgehead atoms. The molecule has 0 radical (unpaired) electrons. The Labute approximate surface area is 187 Å². The lowest BCUT2D eigenvalue weighted by molar-refractivity contribution is -0.121. The number of carbonyl (C=O) groups is 3. The molecule has 4 rings (SSSR count). The molecule has 168 valence electrons. The number of anilines is 2. The number of aromatic carboxylic acids is 1. The van der Waals surface area contributed by atoms with Crippen LogP contribution in [0.5, 0.6) is 0 Å². The molecule has 32 heavy (non-hydrogen) atoms. The van der Waals surface area contributed by atoms with Crippen LogP contribution in [0.25, 0.3) is 0 Å². The predicted molar refractivity (Wildman–Crippen MR) is 122 cm³/mol. The molecule has 2 amide bonds. The van der Waals surface area contributed by atoms with Gasteiger partial charge in [0.15, 0.2) is 0 Å². The van der Waals surface area contributed by atoms with E-state index in [4.69, 9.17) is 10.8 Å². The SMILES string of the molecule is NC(Cc1ccc(N2CCN(CC3CC3)CC2=O)cc1)C(=O)Nc1ccc(C(=O)O)cc1. The highest BCUT2D eigenvalue weighted by Gasteiger charge is 2.30. The Morgan fingerprint density at radius 2 is 1.75 bits per heavy atom. The molecule has 8 nitrogen and oxygen atoms in total. The van der Waals surface area contributed by atoms with Crippen LogP contribution in [0.3, 0.4) is 0 Å². The van der Waals surface area contributed by atoms with E-state index in [-0.39, 0.29) is 17.4 Å². The van der Waals surface area contributed by atoms with E-state index in [9.17, 15) is 14.4 Å². The van der Waals surface area contributed by atoms with Gasteiger partial charge in [-0.3, -0.25) is 14.5 Å². The molecule has 1 saturated carbocycles. The lowest BCUT2D eigenvalue weighted by Crippen LogP contribution is -2.50. The molecule has 4 N–H and O–H groups in total. The van der Waals surface area contributed by atoms with E-state index in [2.05, 4.69) is 10.2 Å². The third-order valence-electron chi connectivity index (χ3n) is 5.95. The molecule has 2 aliphatic rings. The zero-order chi connectivity index (χ0) is 22.7. The first kappa shape index (κ1) is 22.0. The number of nitrogens with two attached hydrogens (primary N) is 1. The molecular formula is C24H28N4O4. The summed E-state index contributed by atoms with van der Waals surface area (Å²) in [5.41, 5.74) is 8.46. The van der Waals surface area contributed by atoms with Crippen molar-refractivity contribution in [2.24, 2.45) is 11.7 Å². The Kier molecular flexibility index (Phi) is 6.53. The lowest BCUT2D eigenvalue weighted by Gasteiger charge is -2.34. The maximum Gasteiger partial charge on any atom is 0.335 e. The Morgan fingerprint density at radius 3 is 2.34 bits per heavy atom. The summed E-state index contributed by atoms with van der Waals surface area (Å²) in [6, 6.07) is 12.8. The third kappa shape index (κ3) is 5.52. The summed E-state index contributed by atoms with van der Waals surface area (Å²) in [7, 11) is 0. The normalized spacial score (nSPS) is 17.8. The second kappa shape index (κ2) is 9.50. The summed E-state index contributed by atoms with van der Waals surface area (Å²) in [4.78, 5) is 39.9. The first-order chi connectivity index (χ1) is 15.4. The maximum atomic E-state index is 12.6. The summed E-state index contributed by atoms with van der Waals surface area (Å²) in [6.07, 6.45) is 2.92. The molecule has 1 unspecified atom stereocenters. The number of hydrogen-bond acceptors (Lipinski definition) is 5. The number of carboxylic acid groups (broad SMARTS) is 1. The monoisotopic (exact) mass is 436 g/mol. The van der Waals surface area contributed by atoms with Gasteiger partial charge in [0.2, 0.25) is 11.8 Å². The standard InChI is InChI=1S/C24H28N4O4/c25-21(23(30)26-19-7-5-18(6-8-19)24(31)32)13-16-3-9-20(10-4-16)28-12-11-27(15-22(28)29)14-17-1-2-17/h3-10,17,21H,1-2,11-15,25H2,(H,26,30)(H,31,32). The van der Waals surface area contributed by atoms with Gasteiger partial charge < -0.3 is 21.1 Å². The van der Waals surface area contributed by atoms with Crippen LogP contribution in [0.2, 0.25) is 0 Å². The molecule has 2 aromatic carbocycles. The van der Waals surface area contributed by atoms with Crippen LogP contribution in [0.1, 0.15) is 28.8 Å². The summed E-state index contributed by atoms with van der Waals surface area (Å²) < 4.78 is 0. The number of hydrogen-bond donors (Lipinski definition) is 3. The fraction of sp³-hybridized carbons (Fsp3) is 0.375. The summed E-state index contributed by atoms with van der Waals surface area (Å²) in [5.74, 6) is -0.474. The van der Waals surface area contributed by atoms with E-state index in [0.29, 0.717) is 25.2 Å². The van der Waals surface area contributed by atoms with E-state index in [1.54, 1.807) is 0 Å². The number of piperazine rings is 1. The van der Waals surface area contributed by atoms with Crippen molar-refractivity contribution < 1.29 is 19.5 Å². The average molecular weight is 437 g/mol. The van der Waals surface area contributed by atoms with Crippen molar-refractivity contribution in [3.8, 4) is 0 Å². The van der Waals surface area contributed by atoms with Crippen molar-refractivity contribution in [3.05, 3.63) is 59.7 Å². The first-order valence-electron chi connectivity index (χ1n) is 10.9. The minimum Gasteiger partial charge on any atom is -0.478 e. The van der Waals surface area contributed by atoms with E-state index in [1.807, 2.05) is 29.2 Å². The van der Waals surface area contributed by atoms with Crippen molar-refractivity contribution in [2.75, 3.05) is 36.4 Å². The molecule has 1 saturated heterocycles. The zero-order valence-corrected chi connectivity index (χ0v) is 17.9. The minimum absolute atomic E-state index is 0.120. The number of rotatable bonds is 8. The first-order valence-corrected chi connectivity index (χ1v) is 10.9. The van der Waals surface area contributed by atoms with Gasteiger partial charge in [0.1, 0.15) is 0 Å². The molecule has 8 heteroatoms. The third-order valence-corrected chi connectivity index (χ3v) is 5.95. The number of benzene rings is 2. The molecule has 2 aromatic rings. The minimum atomic E-state index is -1.02. The van der Waals surface area contributed by atoms with Crippen LogP contribution in [0.4, 0.5) is 11.4 Å². The molecule has 1 atom stereocenters. The van der Waals surface area contributed by atoms with Gasteiger partial charge in [0.05, 0.1) is 18.2 Å². The highest BCUT2D eigenvalue weighted by Crippen LogP contribution is 2.30. The van der Waals surface area contributed by atoms with E-state index >= 15 is 0 Å². The van der Waals surface area contributed by atoms with Gasteiger partial charge in [0.25, 0.3) is 0 Å². The van der Waals surface area contributed by atoms with Crippen LogP contribution in [-0.4, -0.2) is 60.0 Å². The van der Waals surface area contributed by atoms with E-state index in [1.165, 1.54) is 37.1 Å². The smallest absolute Gasteiger partial charge is 0.335 e. The van der Waals surface area contributed by atoms with Crippen molar-refractivity contribution in [1.29, 1.82) is 0 Å². The lowest BCUT2D eigenvalue weighted by atomic mass is 10.0. The van der Waals surface area contributed by atoms with Gasteiger partial charge in [-0.15, -0.1) is 0 Å². The quantitative estimate of drug-likeness (QED) is 0.583. The number of nitrogens with zero attached hydrogens (tertiary/aromatic N) is 2. The van der Waals surface area contributed by atoms with Crippen molar-refractivity contribution in [3.63, 3.8) is 0 Å². The predicted octanol–water partition coefficient (Wildman–Crippen LogP) is 1.95. The zero-order valence-electron chi connectivity index (χ0n) is 17.9. The van der Waals surface area contributed by atoms with Crippen LogP contribution in [0.15, 0.2) is 48.5 Å². The number of amides is 2. The summed E-state index contributed by atoms with van der Waals surface area (Å²) >= 11 is 0. The molecular weight excluding hydrogens is 408 g/mol. The van der Waals surface area contributed by atoms with Crippen molar-refractivity contribution in [2.45, 2.75) is 25.3 Å². The number of nitrogens with one attached hydrogen (secondary N) is 1. The Bertz CT molecular complexity index is 986. The van der Waals surface area contributed by atoms with Crippen LogP contribution < -0.4 is 16.0 Å². The van der Waals surface area contributed by atoms with Gasteiger partial charge in [-0.1, -0.05) is 12.1 Å². The highest BCUT2D eigenvalue weighted by atomic mass is 16.4. The van der Waals surface area contributed by atoms with Gasteiger partial charge in [-0.2, -0.15) is 0 Å². The molecule has 1 heterocycles. The Morgan fingerprint density at radius 1 is 1.06 bits per heavy atom. The number of carbonyl (C=O) groups excluding carboxylic acids is 2. The van der Waals surface area contributed by atoms with E-state index < -0.39 is 12.0 Å². The van der Waals surface area contributed by atoms with Gasteiger partial charge >= 0.3 is 5.97 Å². The Balaban J connectivity index is 1.29. The van der Waals surface area contributed by atoms with Crippen LogP contribution >= 0.6 is 0 Å². The van der Waals surface area contributed by atoms with Crippen molar-refractivity contribution >= 4 is 29.2 Å². The van der Waals surface area contributed by atoms with E-state index in [0.717, 1.165) is 30.3 Å². The maximum absolute atomic E-state index is 12.6. The Hall–Kier alpha value is -3.23. The van der Waals surface area contributed by atoms with Crippen molar-refractivity contribution in [1.82, 2.24) is 4.90 Å². The molecule has 2 fully saturated rings. The summed E-state index contributed by atoms with van der Waals surface area (Å²) in [5, 5.41) is 11.6. The van der Waals surface area contributed by atoms with Gasteiger partial charge in [0, 0.05) is 31.0 Å². The second-order valence-electron chi connectivity index (χ2n) is 8.57. The van der Waals surface area contributed by atoms with Crippen LogP contribution in [0, 0.1) is 5.92 Å². The van der Waals surface area contributed by atoms with Crippen LogP contribution in [-0.2, 0) is 16.0 Å². The fourth-order valence-corrected chi connectivity index (χ4v) is 3.91. The second-order valence-corrected chi connectivity index (χ2v) is 8.57. The number of carboxylic acids is 1.